The molecule has 1 nitrogen and oxygen atoms in total. The highest BCUT2D eigenvalue weighted by atomic mass is 19.0. The summed E-state index contributed by atoms with van der Waals surface area (Å²) in [5.74, 6) is 0. The Bertz CT molecular complexity index is 306. The van der Waals surface area contributed by atoms with Crippen LogP contribution >= 0.6 is 0 Å². The van der Waals surface area contributed by atoms with Crippen molar-refractivity contribution in [2.45, 2.75) is 91.0 Å². The van der Waals surface area contributed by atoms with Crippen LogP contribution in [0.25, 0.3) is 0 Å². The second-order valence-corrected chi connectivity index (χ2v) is 5.73. The lowest BCUT2D eigenvalue weighted by Gasteiger charge is -2.07. The molecule has 1 aromatic heterocycles. The Morgan fingerprint density at radius 2 is 1.35 bits per heavy atom. The van der Waals surface area contributed by atoms with E-state index in [-0.39, 0.29) is 4.70 Å². The van der Waals surface area contributed by atoms with Crippen LogP contribution in [0, 0.1) is 0 Å². The van der Waals surface area contributed by atoms with Gasteiger partial charge in [0.05, 0.1) is 0 Å². The van der Waals surface area contributed by atoms with E-state index in [1.165, 1.54) is 76.4 Å². The molecule has 118 valence electrons. The molecule has 0 spiro atoms. The summed E-state index contributed by atoms with van der Waals surface area (Å²) in [4.78, 5) is 0. The van der Waals surface area contributed by atoms with Gasteiger partial charge < -0.3 is 4.57 Å². The molecule has 20 heavy (non-hydrogen) atoms. The second kappa shape index (κ2) is 13.2. The Morgan fingerprint density at radius 1 is 0.800 bits per heavy atom. The van der Waals surface area contributed by atoms with Gasteiger partial charge in [-0.1, -0.05) is 71.6 Å². The summed E-state index contributed by atoms with van der Waals surface area (Å²) in [6, 6.07) is 4.42. The number of aryl methyl sites for hydroxylation is 2. The van der Waals surface area contributed by atoms with Crippen molar-refractivity contribution < 1.29 is 4.70 Å². The molecule has 0 atom stereocenters. The van der Waals surface area contributed by atoms with E-state index in [1.807, 2.05) is 0 Å². The van der Waals surface area contributed by atoms with Gasteiger partial charge in [0, 0.05) is 18.4 Å². The molecular formula is C18H34FN. The van der Waals surface area contributed by atoms with Crippen molar-refractivity contribution in [2.24, 2.45) is 0 Å². The molecule has 1 rings (SSSR count). The fourth-order valence-corrected chi connectivity index (χ4v) is 2.76. The third-order valence-electron chi connectivity index (χ3n) is 4.04. The topological polar surface area (TPSA) is 4.93 Å². The SMILES string of the molecule is CCCCCCCCCCCCn1cccc1CC.F. The van der Waals surface area contributed by atoms with Crippen molar-refractivity contribution >= 4 is 0 Å². The first-order valence-electron chi connectivity index (χ1n) is 8.52. The van der Waals surface area contributed by atoms with E-state index in [2.05, 4.69) is 36.7 Å². The van der Waals surface area contributed by atoms with Crippen LogP contribution in [0.3, 0.4) is 0 Å². The van der Waals surface area contributed by atoms with E-state index >= 15 is 0 Å². The van der Waals surface area contributed by atoms with Gasteiger partial charge in [0.15, 0.2) is 0 Å². The van der Waals surface area contributed by atoms with E-state index in [0.29, 0.717) is 0 Å². The van der Waals surface area contributed by atoms with Gasteiger partial charge in [-0.05, 0) is 25.0 Å². The predicted molar refractivity (Wildman–Crippen MR) is 88.2 cm³/mol. The number of nitrogens with zero attached hydrogens (tertiary/aromatic N) is 1. The van der Waals surface area contributed by atoms with Crippen molar-refractivity contribution in [1.82, 2.24) is 4.57 Å². The lowest BCUT2D eigenvalue weighted by atomic mass is 10.1. The van der Waals surface area contributed by atoms with Crippen LogP contribution in [0.4, 0.5) is 4.70 Å². The van der Waals surface area contributed by atoms with Gasteiger partial charge in [0.2, 0.25) is 0 Å². The summed E-state index contributed by atoms with van der Waals surface area (Å²) in [5.41, 5.74) is 1.48. The number of aromatic nitrogens is 1. The highest BCUT2D eigenvalue weighted by Gasteiger charge is 1.98. The molecule has 0 aromatic carbocycles. The molecule has 1 aromatic rings. The van der Waals surface area contributed by atoms with Gasteiger partial charge in [-0.15, -0.1) is 0 Å². The van der Waals surface area contributed by atoms with Crippen LogP contribution in [-0.4, -0.2) is 4.57 Å². The third-order valence-corrected chi connectivity index (χ3v) is 4.04. The Hall–Kier alpha value is -0.790. The first-order chi connectivity index (χ1) is 9.38. The Labute approximate surface area is 125 Å². The first kappa shape index (κ1) is 19.2. The Morgan fingerprint density at radius 3 is 1.90 bits per heavy atom. The molecule has 0 aliphatic rings. The third kappa shape index (κ3) is 8.39. The summed E-state index contributed by atoms with van der Waals surface area (Å²) in [6.07, 6.45) is 17.6. The van der Waals surface area contributed by atoms with Crippen molar-refractivity contribution in [1.29, 1.82) is 0 Å². The van der Waals surface area contributed by atoms with Gasteiger partial charge >= 0.3 is 0 Å². The second-order valence-electron chi connectivity index (χ2n) is 5.73. The highest BCUT2D eigenvalue weighted by molar-refractivity contribution is 5.06. The summed E-state index contributed by atoms with van der Waals surface area (Å²) in [5, 5.41) is 0. The lowest BCUT2D eigenvalue weighted by molar-refractivity contribution is 0.530. The smallest absolute Gasteiger partial charge is 0.0222 e. The molecule has 0 N–H and O–H groups in total. The zero-order valence-electron chi connectivity index (χ0n) is 13.6. The van der Waals surface area contributed by atoms with Crippen LogP contribution < -0.4 is 0 Å². The van der Waals surface area contributed by atoms with E-state index in [1.54, 1.807) is 0 Å². The van der Waals surface area contributed by atoms with E-state index in [4.69, 9.17) is 0 Å². The van der Waals surface area contributed by atoms with E-state index < -0.39 is 0 Å². The van der Waals surface area contributed by atoms with Gasteiger partial charge in [0.25, 0.3) is 0 Å². The first-order valence-corrected chi connectivity index (χ1v) is 8.52. The maximum atomic E-state index is 2.42. The summed E-state index contributed by atoms with van der Waals surface area (Å²) < 4.78 is 2.42. The minimum absolute atomic E-state index is 0. The number of unbranched alkanes of at least 4 members (excludes halogenated alkanes) is 9. The quantitative estimate of drug-likeness (QED) is 0.407. The molecule has 0 saturated carbocycles. The summed E-state index contributed by atoms with van der Waals surface area (Å²) in [6.45, 7) is 5.74. The van der Waals surface area contributed by atoms with E-state index in [0.717, 1.165) is 6.42 Å². The molecule has 1 heterocycles. The molecule has 0 unspecified atom stereocenters. The van der Waals surface area contributed by atoms with Crippen LogP contribution in [0.5, 0.6) is 0 Å². The number of hydrogen-bond donors (Lipinski definition) is 0. The number of hydrogen-bond acceptors (Lipinski definition) is 0. The molecule has 2 heteroatoms. The van der Waals surface area contributed by atoms with Crippen molar-refractivity contribution in [3.05, 3.63) is 24.0 Å². The zero-order valence-corrected chi connectivity index (χ0v) is 13.6. The zero-order chi connectivity index (χ0) is 13.8. The van der Waals surface area contributed by atoms with Gasteiger partial charge in [-0.25, -0.2) is 0 Å². The molecular weight excluding hydrogens is 249 g/mol. The van der Waals surface area contributed by atoms with Crippen LogP contribution in [-0.2, 0) is 13.0 Å². The summed E-state index contributed by atoms with van der Waals surface area (Å²) in [7, 11) is 0. The molecule has 0 fully saturated rings. The average molecular weight is 283 g/mol. The monoisotopic (exact) mass is 283 g/mol. The van der Waals surface area contributed by atoms with E-state index in [9.17, 15) is 0 Å². The maximum absolute atomic E-state index is 2.42. The predicted octanol–water partition coefficient (Wildman–Crippen LogP) is 6.12. The van der Waals surface area contributed by atoms with Crippen LogP contribution in [0.2, 0.25) is 0 Å². The Kier molecular flexibility index (Phi) is 12.7. The minimum Gasteiger partial charge on any atom is -0.351 e. The molecule has 0 saturated heterocycles. The Balaban J connectivity index is 0.00000361. The average Bonchev–Trinajstić information content (AvgIpc) is 2.88. The fraction of sp³-hybridized carbons (Fsp3) is 0.778. The van der Waals surface area contributed by atoms with Crippen molar-refractivity contribution in [3.63, 3.8) is 0 Å². The molecule has 0 radical (unpaired) electrons. The summed E-state index contributed by atoms with van der Waals surface area (Å²) >= 11 is 0. The molecule has 0 amide bonds. The minimum atomic E-state index is 0. The fourth-order valence-electron chi connectivity index (χ4n) is 2.76. The number of rotatable bonds is 12. The normalized spacial score (nSPS) is 10.5. The van der Waals surface area contributed by atoms with Gasteiger partial charge in [-0.2, -0.15) is 0 Å². The van der Waals surface area contributed by atoms with Gasteiger partial charge in [-0.3, -0.25) is 4.70 Å². The van der Waals surface area contributed by atoms with Crippen LogP contribution in [0.1, 0.15) is 83.7 Å². The largest absolute Gasteiger partial charge is 0.351 e. The molecule has 0 aliphatic carbocycles. The molecule has 0 bridgehead atoms. The lowest BCUT2D eigenvalue weighted by Crippen LogP contribution is -2.00. The van der Waals surface area contributed by atoms with Crippen molar-refractivity contribution in [2.75, 3.05) is 0 Å². The van der Waals surface area contributed by atoms with Crippen LogP contribution in [0.15, 0.2) is 18.3 Å². The standard InChI is InChI=1S/C18H33N.FH/c1-3-5-6-7-8-9-10-11-12-13-16-19-17-14-15-18(19)4-2;/h14-15,17H,3-13,16H2,1-2H3;1H. The molecule has 0 aliphatic heterocycles. The van der Waals surface area contributed by atoms with Gasteiger partial charge in [0.1, 0.15) is 0 Å². The van der Waals surface area contributed by atoms with Crippen molar-refractivity contribution in [3.8, 4) is 0 Å². The highest BCUT2D eigenvalue weighted by Crippen LogP contribution is 2.11. The maximum Gasteiger partial charge on any atom is 0.0222 e. The number of halogens is 1.